The van der Waals surface area contributed by atoms with Crippen molar-refractivity contribution in [3.8, 4) is 0 Å². The van der Waals surface area contributed by atoms with E-state index in [-0.39, 0.29) is 0 Å². The Morgan fingerprint density at radius 1 is 1.33 bits per heavy atom. The van der Waals surface area contributed by atoms with Crippen LogP contribution in [0, 0.1) is 13.8 Å². The molecule has 2 rings (SSSR count). The van der Waals surface area contributed by atoms with E-state index in [4.69, 9.17) is 10.2 Å². The van der Waals surface area contributed by atoms with Crippen molar-refractivity contribution in [2.75, 3.05) is 5.73 Å². The van der Waals surface area contributed by atoms with Gasteiger partial charge in [0.25, 0.3) is 5.22 Å². The van der Waals surface area contributed by atoms with Crippen LogP contribution in [0.1, 0.15) is 11.3 Å². The summed E-state index contributed by atoms with van der Waals surface area (Å²) in [6.07, 6.45) is 1.64. The third kappa shape index (κ3) is 2.15. The van der Waals surface area contributed by atoms with E-state index < -0.39 is 0 Å². The number of aromatic nitrogens is 1. The molecule has 0 aliphatic carbocycles. The number of hydrogen-bond donors (Lipinski definition) is 1. The molecular formula is C11H12N2OS. The average Bonchev–Trinajstić information content (AvgIpc) is 2.59. The summed E-state index contributed by atoms with van der Waals surface area (Å²) in [5.74, 6) is 0. The van der Waals surface area contributed by atoms with Crippen molar-refractivity contribution in [3.63, 3.8) is 0 Å². The summed E-state index contributed by atoms with van der Waals surface area (Å²) in [6, 6.07) is 5.83. The molecule has 0 spiro atoms. The van der Waals surface area contributed by atoms with Gasteiger partial charge in [0, 0.05) is 10.6 Å². The number of anilines is 1. The third-order valence-corrected chi connectivity index (χ3v) is 3.15. The normalized spacial score (nSPS) is 10.5. The van der Waals surface area contributed by atoms with Gasteiger partial charge in [-0.1, -0.05) is 6.07 Å². The second kappa shape index (κ2) is 3.98. The van der Waals surface area contributed by atoms with Crippen LogP contribution >= 0.6 is 11.8 Å². The van der Waals surface area contributed by atoms with Crippen molar-refractivity contribution >= 4 is 17.4 Å². The molecule has 1 aromatic heterocycles. The minimum Gasteiger partial charge on any atom is -0.439 e. The summed E-state index contributed by atoms with van der Waals surface area (Å²) < 4.78 is 5.27. The molecule has 3 nitrogen and oxygen atoms in total. The van der Waals surface area contributed by atoms with Gasteiger partial charge in [0.15, 0.2) is 0 Å². The van der Waals surface area contributed by atoms with Crippen LogP contribution in [0.15, 0.2) is 39.0 Å². The van der Waals surface area contributed by atoms with Gasteiger partial charge in [-0.25, -0.2) is 4.98 Å². The molecule has 15 heavy (non-hydrogen) atoms. The molecule has 0 radical (unpaired) electrons. The van der Waals surface area contributed by atoms with Gasteiger partial charge in [0.05, 0.1) is 5.69 Å². The molecule has 0 saturated heterocycles. The molecule has 0 atom stereocenters. The van der Waals surface area contributed by atoms with E-state index in [9.17, 15) is 0 Å². The van der Waals surface area contributed by atoms with Gasteiger partial charge in [0.2, 0.25) is 0 Å². The molecule has 0 aliphatic heterocycles. The van der Waals surface area contributed by atoms with Gasteiger partial charge >= 0.3 is 0 Å². The summed E-state index contributed by atoms with van der Waals surface area (Å²) in [6.45, 7) is 3.90. The molecule has 0 amide bonds. The van der Waals surface area contributed by atoms with E-state index in [1.807, 2.05) is 32.0 Å². The van der Waals surface area contributed by atoms with E-state index in [2.05, 4.69) is 4.98 Å². The number of hydrogen-bond acceptors (Lipinski definition) is 4. The number of aryl methyl sites for hydroxylation is 1. The Morgan fingerprint density at radius 2 is 2.13 bits per heavy atom. The lowest BCUT2D eigenvalue weighted by molar-refractivity contribution is 0.454. The van der Waals surface area contributed by atoms with Crippen molar-refractivity contribution in [1.29, 1.82) is 0 Å². The SMILES string of the molecule is Cc1coc(Sc2cccc(N)c2C)n1. The van der Waals surface area contributed by atoms with Crippen LogP contribution in [0.3, 0.4) is 0 Å². The predicted octanol–water partition coefficient (Wildman–Crippen LogP) is 3.02. The first-order chi connectivity index (χ1) is 7.16. The number of nitrogens with zero attached hydrogens (tertiary/aromatic N) is 1. The summed E-state index contributed by atoms with van der Waals surface area (Å²) in [5, 5.41) is 0.654. The molecule has 0 saturated carbocycles. The lowest BCUT2D eigenvalue weighted by atomic mass is 10.2. The molecule has 2 aromatic rings. The standard InChI is InChI=1S/C11H12N2OS/c1-7-6-14-11(13-7)15-10-5-3-4-9(12)8(10)2/h3-6H,12H2,1-2H3. The highest BCUT2D eigenvalue weighted by Crippen LogP contribution is 2.31. The van der Waals surface area contributed by atoms with Crippen molar-refractivity contribution < 1.29 is 4.42 Å². The summed E-state index contributed by atoms with van der Waals surface area (Å²) in [4.78, 5) is 5.31. The second-order valence-electron chi connectivity index (χ2n) is 3.33. The van der Waals surface area contributed by atoms with E-state index in [0.717, 1.165) is 21.8 Å². The van der Waals surface area contributed by atoms with Crippen molar-refractivity contribution in [2.24, 2.45) is 0 Å². The molecule has 0 fully saturated rings. The Bertz CT molecular complexity index is 479. The summed E-state index contributed by atoms with van der Waals surface area (Å²) >= 11 is 1.49. The minimum atomic E-state index is 0.654. The van der Waals surface area contributed by atoms with E-state index >= 15 is 0 Å². The highest BCUT2D eigenvalue weighted by Gasteiger charge is 2.07. The maximum atomic E-state index is 5.82. The maximum absolute atomic E-state index is 5.82. The minimum absolute atomic E-state index is 0.654. The van der Waals surface area contributed by atoms with Crippen molar-refractivity contribution in [1.82, 2.24) is 4.98 Å². The van der Waals surface area contributed by atoms with Gasteiger partial charge in [-0.05, 0) is 43.3 Å². The van der Waals surface area contributed by atoms with Crippen LogP contribution in [0.25, 0.3) is 0 Å². The number of nitrogens with two attached hydrogens (primary N) is 1. The van der Waals surface area contributed by atoms with Gasteiger partial charge in [0.1, 0.15) is 6.26 Å². The zero-order chi connectivity index (χ0) is 10.8. The maximum Gasteiger partial charge on any atom is 0.260 e. The fourth-order valence-corrected chi connectivity index (χ4v) is 2.11. The van der Waals surface area contributed by atoms with Crippen LogP contribution in [0.4, 0.5) is 5.69 Å². The van der Waals surface area contributed by atoms with Gasteiger partial charge in [-0.3, -0.25) is 0 Å². The van der Waals surface area contributed by atoms with Crippen LogP contribution in [-0.4, -0.2) is 4.98 Å². The number of benzene rings is 1. The smallest absolute Gasteiger partial charge is 0.260 e. The lowest BCUT2D eigenvalue weighted by Gasteiger charge is -2.04. The molecule has 0 unspecified atom stereocenters. The molecule has 0 aliphatic rings. The second-order valence-corrected chi connectivity index (χ2v) is 4.32. The number of oxazole rings is 1. The Balaban J connectivity index is 2.28. The zero-order valence-electron chi connectivity index (χ0n) is 8.65. The van der Waals surface area contributed by atoms with Crippen LogP contribution in [-0.2, 0) is 0 Å². The molecule has 1 aromatic carbocycles. The first kappa shape index (κ1) is 10.1. The van der Waals surface area contributed by atoms with E-state index in [1.165, 1.54) is 11.8 Å². The van der Waals surface area contributed by atoms with Crippen molar-refractivity contribution in [2.45, 2.75) is 24.0 Å². The largest absolute Gasteiger partial charge is 0.439 e. The molecule has 2 N–H and O–H groups in total. The van der Waals surface area contributed by atoms with Crippen molar-refractivity contribution in [3.05, 3.63) is 35.7 Å². The Labute approximate surface area is 92.7 Å². The fraction of sp³-hybridized carbons (Fsp3) is 0.182. The summed E-state index contributed by atoms with van der Waals surface area (Å²) in [5.41, 5.74) is 8.57. The van der Waals surface area contributed by atoms with Crippen LogP contribution < -0.4 is 5.73 Å². The lowest BCUT2D eigenvalue weighted by Crippen LogP contribution is -1.90. The molecule has 0 bridgehead atoms. The Morgan fingerprint density at radius 3 is 2.80 bits per heavy atom. The average molecular weight is 220 g/mol. The number of nitrogen functional groups attached to an aromatic ring is 1. The Hall–Kier alpha value is -1.42. The topological polar surface area (TPSA) is 52.0 Å². The van der Waals surface area contributed by atoms with Crippen LogP contribution in [0.2, 0.25) is 0 Å². The first-order valence-electron chi connectivity index (χ1n) is 4.62. The van der Waals surface area contributed by atoms with Gasteiger partial charge in [-0.15, -0.1) is 0 Å². The van der Waals surface area contributed by atoms with E-state index in [0.29, 0.717) is 5.22 Å². The van der Waals surface area contributed by atoms with Gasteiger partial charge in [-0.2, -0.15) is 0 Å². The molecule has 1 heterocycles. The van der Waals surface area contributed by atoms with Crippen LogP contribution in [0.5, 0.6) is 0 Å². The fourth-order valence-electron chi connectivity index (χ4n) is 1.22. The highest BCUT2D eigenvalue weighted by atomic mass is 32.2. The molecule has 4 heteroatoms. The van der Waals surface area contributed by atoms with E-state index in [1.54, 1.807) is 6.26 Å². The quantitative estimate of drug-likeness (QED) is 0.790. The summed E-state index contributed by atoms with van der Waals surface area (Å²) in [7, 11) is 0. The first-order valence-corrected chi connectivity index (χ1v) is 5.43. The predicted molar refractivity (Wildman–Crippen MR) is 61.0 cm³/mol. The van der Waals surface area contributed by atoms with Gasteiger partial charge < -0.3 is 10.2 Å². The third-order valence-electron chi connectivity index (χ3n) is 2.12. The molecule has 78 valence electrons. The Kier molecular flexibility index (Phi) is 2.68. The highest BCUT2D eigenvalue weighted by molar-refractivity contribution is 7.99. The zero-order valence-corrected chi connectivity index (χ0v) is 9.47. The monoisotopic (exact) mass is 220 g/mol. The number of rotatable bonds is 2. The molecular weight excluding hydrogens is 208 g/mol.